The lowest BCUT2D eigenvalue weighted by molar-refractivity contribution is 0.0666. The molecule has 0 saturated carbocycles. The second-order valence-corrected chi connectivity index (χ2v) is 5.48. The van der Waals surface area contributed by atoms with Gasteiger partial charge in [0.25, 0.3) is 0 Å². The maximum absolute atomic E-state index is 5.54. The summed E-state index contributed by atoms with van der Waals surface area (Å²) in [6, 6.07) is 0.550. The van der Waals surface area contributed by atoms with E-state index >= 15 is 0 Å². The number of nitrogens with one attached hydrogen (secondary N) is 1. The summed E-state index contributed by atoms with van der Waals surface area (Å²) in [7, 11) is 1.70. The Morgan fingerprint density at radius 2 is 2.20 bits per heavy atom. The van der Waals surface area contributed by atoms with Gasteiger partial charge in [-0.2, -0.15) is 0 Å². The van der Waals surface area contributed by atoms with Gasteiger partial charge in [0, 0.05) is 32.1 Å². The quantitative estimate of drug-likeness (QED) is 0.706. The molecule has 0 radical (unpaired) electrons. The Morgan fingerprint density at radius 3 is 3.00 bits per heavy atom. The Bertz CT molecular complexity index is 390. The summed E-state index contributed by atoms with van der Waals surface area (Å²) in [4.78, 5) is 0. The molecule has 1 aromatic heterocycles. The van der Waals surface area contributed by atoms with Crippen LogP contribution in [0.4, 0.5) is 0 Å². The van der Waals surface area contributed by atoms with Crippen LogP contribution >= 0.6 is 0 Å². The lowest BCUT2D eigenvalue weighted by atomic mass is 9.91. The van der Waals surface area contributed by atoms with Gasteiger partial charge in [-0.3, -0.25) is 0 Å². The van der Waals surface area contributed by atoms with Gasteiger partial charge in [0.2, 0.25) is 0 Å². The van der Waals surface area contributed by atoms with Crippen molar-refractivity contribution < 1.29 is 9.47 Å². The van der Waals surface area contributed by atoms with E-state index in [0.29, 0.717) is 19.3 Å². The first-order chi connectivity index (χ1) is 9.85. The molecule has 20 heavy (non-hydrogen) atoms. The molecule has 1 N–H and O–H groups in total. The number of rotatable bonds is 9. The van der Waals surface area contributed by atoms with Crippen LogP contribution in [-0.2, 0) is 22.4 Å². The van der Waals surface area contributed by atoms with Gasteiger partial charge in [-0.1, -0.05) is 6.92 Å². The first-order valence-electron chi connectivity index (χ1n) is 7.83. The van der Waals surface area contributed by atoms with Gasteiger partial charge in [0.05, 0.1) is 19.8 Å². The van der Waals surface area contributed by atoms with E-state index < -0.39 is 0 Å². The Morgan fingerprint density at radius 1 is 1.30 bits per heavy atom. The average Bonchev–Trinajstić information content (AvgIpc) is 2.88. The highest BCUT2D eigenvalue weighted by Gasteiger charge is 2.21. The van der Waals surface area contributed by atoms with Crippen molar-refractivity contribution >= 4 is 0 Å². The summed E-state index contributed by atoms with van der Waals surface area (Å²) in [6.45, 7) is 6.36. The highest BCUT2D eigenvalue weighted by molar-refractivity contribution is 5.30. The molecule has 0 amide bonds. The minimum Gasteiger partial charge on any atom is -0.382 e. The minimum atomic E-state index is 0.550. The maximum atomic E-state index is 5.54. The summed E-state index contributed by atoms with van der Waals surface area (Å²) >= 11 is 0. The lowest BCUT2D eigenvalue weighted by Crippen LogP contribution is -2.24. The van der Waals surface area contributed by atoms with Gasteiger partial charge in [-0.05, 0) is 43.4 Å². The van der Waals surface area contributed by atoms with E-state index in [1.54, 1.807) is 7.11 Å². The fourth-order valence-corrected chi connectivity index (χ4v) is 2.82. The number of fused-ring (bicyclic) bond motifs is 1. The maximum Gasteiger partial charge on any atom is 0.0701 e. The monoisotopic (exact) mass is 280 g/mol. The molecule has 1 aliphatic carbocycles. The largest absolute Gasteiger partial charge is 0.382 e. The number of ether oxygens (including phenoxy) is 2. The van der Waals surface area contributed by atoms with Crippen molar-refractivity contribution in [2.75, 3.05) is 33.5 Å². The number of nitrogens with zero attached hydrogens (tertiary/aromatic N) is 1. The van der Waals surface area contributed by atoms with Crippen molar-refractivity contribution in [3.8, 4) is 0 Å². The number of hydrogen-bond acceptors (Lipinski definition) is 3. The highest BCUT2D eigenvalue weighted by Crippen LogP contribution is 2.30. The van der Waals surface area contributed by atoms with Crippen molar-refractivity contribution in [1.29, 1.82) is 0 Å². The van der Waals surface area contributed by atoms with Gasteiger partial charge in [-0.25, -0.2) is 0 Å². The number of aromatic nitrogens is 1. The zero-order valence-electron chi connectivity index (χ0n) is 12.9. The van der Waals surface area contributed by atoms with E-state index in [9.17, 15) is 0 Å². The van der Waals surface area contributed by atoms with E-state index in [0.717, 1.165) is 19.7 Å². The molecule has 4 heteroatoms. The van der Waals surface area contributed by atoms with Crippen molar-refractivity contribution in [2.24, 2.45) is 0 Å². The first kappa shape index (κ1) is 15.5. The molecule has 0 aromatic carbocycles. The summed E-state index contributed by atoms with van der Waals surface area (Å²) in [5, 5.41) is 3.66. The molecule has 1 aliphatic rings. The molecule has 1 atom stereocenters. The van der Waals surface area contributed by atoms with E-state index in [2.05, 4.69) is 29.2 Å². The molecule has 2 rings (SSSR count). The van der Waals surface area contributed by atoms with Crippen molar-refractivity contribution in [1.82, 2.24) is 9.88 Å². The summed E-state index contributed by atoms with van der Waals surface area (Å²) in [6.07, 6.45) is 9.58. The number of methoxy groups -OCH3 is 1. The molecule has 114 valence electrons. The normalized spacial score (nSPS) is 18.2. The predicted molar refractivity (Wildman–Crippen MR) is 81.1 cm³/mol. The smallest absolute Gasteiger partial charge is 0.0701 e. The second kappa shape index (κ2) is 8.45. The number of hydrogen-bond donors (Lipinski definition) is 1. The third-order valence-corrected chi connectivity index (χ3v) is 3.88. The standard InChI is InChI=1S/C16H28N2O2/c1-3-7-17-16-6-4-5-14-12-18(13-15(14)16)8-9-20-11-10-19-2/h12-13,16-17H,3-11H2,1-2H3. The van der Waals surface area contributed by atoms with Crippen LogP contribution in [-0.4, -0.2) is 38.0 Å². The van der Waals surface area contributed by atoms with Crippen LogP contribution in [0.15, 0.2) is 12.4 Å². The van der Waals surface area contributed by atoms with Crippen LogP contribution in [0.1, 0.15) is 43.4 Å². The van der Waals surface area contributed by atoms with Crippen molar-refractivity contribution in [3.63, 3.8) is 0 Å². The fourth-order valence-electron chi connectivity index (χ4n) is 2.82. The van der Waals surface area contributed by atoms with Gasteiger partial charge in [0.15, 0.2) is 0 Å². The SMILES string of the molecule is CCCNC1CCCc2cn(CCOCCOC)cc21. The highest BCUT2D eigenvalue weighted by atomic mass is 16.5. The minimum absolute atomic E-state index is 0.550. The summed E-state index contributed by atoms with van der Waals surface area (Å²) in [5.41, 5.74) is 3.02. The Hall–Kier alpha value is -0.840. The van der Waals surface area contributed by atoms with Crippen LogP contribution in [0.2, 0.25) is 0 Å². The third kappa shape index (κ3) is 4.33. The lowest BCUT2D eigenvalue weighted by Gasteiger charge is -2.23. The van der Waals surface area contributed by atoms with Crippen LogP contribution in [0.3, 0.4) is 0 Å². The second-order valence-electron chi connectivity index (χ2n) is 5.48. The Kier molecular flexibility index (Phi) is 6.57. The fraction of sp³-hybridized carbons (Fsp3) is 0.750. The molecular weight excluding hydrogens is 252 g/mol. The third-order valence-electron chi connectivity index (χ3n) is 3.88. The number of aryl methyl sites for hydroxylation is 1. The summed E-state index contributed by atoms with van der Waals surface area (Å²) < 4.78 is 12.8. The van der Waals surface area contributed by atoms with Crippen molar-refractivity contribution in [3.05, 3.63) is 23.5 Å². The van der Waals surface area contributed by atoms with Gasteiger partial charge in [0.1, 0.15) is 0 Å². The van der Waals surface area contributed by atoms with E-state index in [1.807, 2.05) is 0 Å². The topological polar surface area (TPSA) is 35.4 Å². The Labute approximate surface area is 122 Å². The van der Waals surface area contributed by atoms with Gasteiger partial charge >= 0.3 is 0 Å². The van der Waals surface area contributed by atoms with Crippen LogP contribution in [0.5, 0.6) is 0 Å². The molecular formula is C16H28N2O2. The molecule has 0 saturated heterocycles. The van der Waals surface area contributed by atoms with Crippen molar-refractivity contribution in [2.45, 2.75) is 45.2 Å². The van der Waals surface area contributed by atoms with E-state index in [4.69, 9.17) is 9.47 Å². The molecule has 1 heterocycles. The predicted octanol–water partition coefficient (Wildman–Crippen LogP) is 2.53. The van der Waals surface area contributed by atoms with E-state index in [1.165, 1.54) is 36.8 Å². The average molecular weight is 280 g/mol. The molecule has 4 nitrogen and oxygen atoms in total. The molecule has 0 bridgehead atoms. The Balaban J connectivity index is 1.85. The molecule has 0 fully saturated rings. The van der Waals surface area contributed by atoms with Gasteiger partial charge < -0.3 is 19.4 Å². The van der Waals surface area contributed by atoms with Crippen LogP contribution in [0.25, 0.3) is 0 Å². The molecule has 1 aromatic rings. The zero-order valence-corrected chi connectivity index (χ0v) is 12.9. The molecule has 1 unspecified atom stereocenters. The van der Waals surface area contributed by atoms with Crippen LogP contribution in [0, 0.1) is 0 Å². The molecule has 0 aliphatic heterocycles. The van der Waals surface area contributed by atoms with E-state index in [-0.39, 0.29) is 0 Å². The first-order valence-corrected chi connectivity index (χ1v) is 7.83. The van der Waals surface area contributed by atoms with Crippen LogP contribution < -0.4 is 5.32 Å². The summed E-state index contributed by atoms with van der Waals surface area (Å²) in [5.74, 6) is 0. The van der Waals surface area contributed by atoms with Gasteiger partial charge in [-0.15, -0.1) is 0 Å². The zero-order chi connectivity index (χ0) is 14.2. The molecule has 0 spiro atoms.